The van der Waals surface area contributed by atoms with Crippen molar-refractivity contribution in [2.45, 2.75) is 25.9 Å². The van der Waals surface area contributed by atoms with Gasteiger partial charge in [0, 0.05) is 13.7 Å². The number of methoxy groups -OCH3 is 1. The first-order chi connectivity index (χ1) is 9.15. The van der Waals surface area contributed by atoms with Crippen LogP contribution in [0.25, 0.3) is 0 Å². The summed E-state index contributed by atoms with van der Waals surface area (Å²) in [5.74, 6) is -0.932. The maximum atomic E-state index is 14.0. The molecule has 1 heterocycles. The quantitative estimate of drug-likeness (QED) is 0.449. The van der Waals surface area contributed by atoms with Gasteiger partial charge in [-0.3, -0.25) is 4.79 Å². The summed E-state index contributed by atoms with van der Waals surface area (Å²) in [7, 11) is 1.49. The average Bonchev–Trinajstić information content (AvgIpc) is 2.44. The van der Waals surface area contributed by atoms with Crippen LogP contribution >= 0.6 is 0 Å². The van der Waals surface area contributed by atoms with Crippen molar-refractivity contribution in [3.8, 4) is 0 Å². The van der Waals surface area contributed by atoms with Gasteiger partial charge in [0.1, 0.15) is 12.7 Å². The molecule has 0 N–H and O–H groups in total. The van der Waals surface area contributed by atoms with Gasteiger partial charge in [-0.15, -0.1) is 0 Å². The number of nitrogens with zero attached hydrogens (tertiary/aromatic N) is 1. The first-order valence-corrected chi connectivity index (χ1v) is 6.24. The molecule has 0 aromatic heterocycles. The number of benzene rings is 1. The minimum Gasteiger partial charge on any atom is -0.359 e. The van der Waals surface area contributed by atoms with E-state index >= 15 is 0 Å². The van der Waals surface area contributed by atoms with Crippen LogP contribution in [0, 0.1) is 5.92 Å². The fraction of sp³-hybridized carbons (Fsp3) is 0.500. The molecule has 1 saturated heterocycles. The monoisotopic (exact) mass is 267 g/mol. The molecule has 0 bridgehead atoms. The molecule has 2 rings (SSSR count). The molecule has 0 saturated carbocycles. The Bertz CT molecular complexity index is 426. The molecule has 1 amide bonds. The fourth-order valence-electron chi connectivity index (χ4n) is 2.19. The average molecular weight is 267 g/mol. The molecule has 1 aromatic rings. The van der Waals surface area contributed by atoms with Crippen molar-refractivity contribution in [2.75, 3.05) is 13.9 Å². The smallest absolute Gasteiger partial charge is 0.235 e. The molecular weight excluding hydrogens is 249 g/mol. The van der Waals surface area contributed by atoms with Gasteiger partial charge < -0.3 is 14.4 Å². The van der Waals surface area contributed by atoms with Crippen LogP contribution < -0.4 is 0 Å². The van der Waals surface area contributed by atoms with E-state index in [0.717, 1.165) is 5.56 Å². The number of carbonyl (C=O) groups is 1. The van der Waals surface area contributed by atoms with Gasteiger partial charge in [0.25, 0.3) is 0 Å². The lowest BCUT2D eigenvalue weighted by molar-refractivity contribution is -0.191. The van der Waals surface area contributed by atoms with Crippen LogP contribution in [0.3, 0.4) is 0 Å². The van der Waals surface area contributed by atoms with Crippen LogP contribution in [0.5, 0.6) is 0 Å². The second kappa shape index (κ2) is 6.12. The van der Waals surface area contributed by atoms with E-state index in [1.165, 1.54) is 12.0 Å². The summed E-state index contributed by atoms with van der Waals surface area (Å²) in [5, 5.41) is 0. The van der Waals surface area contributed by atoms with Crippen LogP contribution in [0.2, 0.25) is 0 Å². The third-order valence-corrected chi connectivity index (χ3v) is 3.31. The fourth-order valence-corrected chi connectivity index (χ4v) is 2.19. The van der Waals surface area contributed by atoms with Crippen LogP contribution in [0.4, 0.5) is 4.39 Å². The predicted octanol–water partition coefficient (Wildman–Crippen LogP) is 1.95. The first kappa shape index (κ1) is 14.0. The Morgan fingerprint density at radius 3 is 2.63 bits per heavy atom. The van der Waals surface area contributed by atoms with Gasteiger partial charge in [-0.1, -0.05) is 30.3 Å². The molecular formula is C14H18FNO3. The number of rotatable bonds is 6. The topological polar surface area (TPSA) is 38.8 Å². The van der Waals surface area contributed by atoms with Crippen molar-refractivity contribution in [3.63, 3.8) is 0 Å². The molecule has 1 fully saturated rings. The number of hydrogen-bond donors (Lipinski definition) is 0. The zero-order valence-corrected chi connectivity index (χ0v) is 11.1. The Morgan fingerprint density at radius 1 is 1.37 bits per heavy atom. The Balaban J connectivity index is 1.91. The van der Waals surface area contributed by atoms with Crippen molar-refractivity contribution in [1.82, 2.24) is 4.90 Å². The van der Waals surface area contributed by atoms with Crippen LogP contribution in [-0.2, 0) is 20.8 Å². The van der Waals surface area contributed by atoms with E-state index in [1.54, 1.807) is 6.92 Å². The molecule has 0 radical (unpaired) electrons. The van der Waals surface area contributed by atoms with Gasteiger partial charge in [-0.25, -0.2) is 4.39 Å². The Morgan fingerprint density at radius 2 is 2.05 bits per heavy atom. The molecule has 0 spiro atoms. The summed E-state index contributed by atoms with van der Waals surface area (Å²) in [4.78, 5) is 13.2. The molecule has 1 aliphatic rings. The first-order valence-electron chi connectivity index (χ1n) is 6.24. The Kier molecular flexibility index (Phi) is 4.50. The third kappa shape index (κ3) is 2.93. The highest BCUT2D eigenvalue weighted by molar-refractivity contribution is 5.86. The van der Waals surface area contributed by atoms with Crippen molar-refractivity contribution < 1.29 is 18.7 Å². The second-order valence-corrected chi connectivity index (χ2v) is 4.63. The summed E-state index contributed by atoms with van der Waals surface area (Å²) in [6, 6.07) is 9.37. The van der Waals surface area contributed by atoms with Gasteiger partial charge in [-0.05, 0) is 12.5 Å². The Labute approximate surface area is 112 Å². The van der Waals surface area contributed by atoms with Crippen molar-refractivity contribution in [1.29, 1.82) is 0 Å². The van der Waals surface area contributed by atoms with Crippen molar-refractivity contribution in [3.05, 3.63) is 35.9 Å². The van der Waals surface area contributed by atoms with E-state index in [0.29, 0.717) is 6.54 Å². The van der Waals surface area contributed by atoms with Gasteiger partial charge in [-0.2, -0.15) is 0 Å². The van der Waals surface area contributed by atoms with Crippen molar-refractivity contribution >= 4 is 5.91 Å². The number of halogens is 1. The molecule has 5 heteroatoms. The van der Waals surface area contributed by atoms with E-state index in [-0.39, 0.29) is 12.7 Å². The maximum Gasteiger partial charge on any atom is 0.235 e. The van der Waals surface area contributed by atoms with E-state index in [9.17, 15) is 9.18 Å². The lowest BCUT2D eigenvalue weighted by Crippen LogP contribution is -2.62. The van der Waals surface area contributed by atoms with Crippen LogP contribution in [0.15, 0.2) is 30.3 Å². The highest BCUT2D eigenvalue weighted by Crippen LogP contribution is 2.33. The number of likely N-dealkylation sites (tertiary alicyclic amines) is 1. The third-order valence-electron chi connectivity index (χ3n) is 3.31. The van der Waals surface area contributed by atoms with E-state index < -0.39 is 18.3 Å². The molecule has 1 aliphatic heterocycles. The number of β-lactam (4-membered cyclic amide) rings is 1. The molecule has 0 aliphatic carbocycles. The maximum absolute atomic E-state index is 14.0. The molecule has 19 heavy (non-hydrogen) atoms. The summed E-state index contributed by atoms with van der Waals surface area (Å²) in [6.07, 6.45) is -1.77. The highest BCUT2D eigenvalue weighted by Gasteiger charge is 2.50. The Hall–Kier alpha value is -1.46. The summed E-state index contributed by atoms with van der Waals surface area (Å²) >= 11 is 0. The standard InChI is InChI=1S/C14H18FNO3/c1-10(19-9-18-2)12-13(15)16(14(12)17)8-11-6-4-3-5-7-11/h3-7,10,12-13H,8-9H2,1-2H3. The summed E-state index contributed by atoms with van der Waals surface area (Å²) < 4.78 is 24.0. The van der Waals surface area contributed by atoms with Gasteiger partial charge in [0.05, 0.1) is 6.10 Å². The zero-order chi connectivity index (χ0) is 13.8. The predicted molar refractivity (Wildman–Crippen MR) is 67.8 cm³/mol. The van der Waals surface area contributed by atoms with E-state index in [2.05, 4.69) is 0 Å². The van der Waals surface area contributed by atoms with E-state index in [1.807, 2.05) is 30.3 Å². The number of carbonyl (C=O) groups excluding carboxylic acids is 1. The minimum absolute atomic E-state index is 0.0658. The summed E-state index contributed by atoms with van der Waals surface area (Å²) in [6.45, 7) is 2.05. The molecule has 1 aromatic carbocycles. The number of hydrogen-bond acceptors (Lipinski definition) is 3. The molecule has 4 nitrogen and oxygen atoms in total. The number of alkyl halides is 1. The highest BCUT2D eigenvalue weighted by atomic mass is 19.1. The minimum atomic E-state index is -1.29. The van der Waals surface area contributed by atoms with Gasteiger partial charge in [0.2, 0.25) is 5.91 Å². The van der Waals surface area contributed by atoms with Crippen LogP contribution in [-0.4, -0.2) is 37.1 Å². The normalized spacial score (nSPS) is 24.2. The number of amides is 1. The lowest BCUT2D eigenvalue weighted by atomic mass is 9.91. The zero-order valence-electron chi connectivity index (χ0n) is 11.1. The van der Waals surface area contributed by atoms with Crippen LogP contribution in [0.1, 0.15) is 12.5 Å². The van der Waals surface area contributed by atoms with Gasteiger partial charge in [0.15, 0.2) is 6.30 Å². The second-order valence-electron chi connectivity index (χ2n) is 4.63. The summed E-state index contributed by atoms with van der Waals surface area (Å²) in [5.41, 5.74) is 0.919. The molecule has 3 unspecified atom stereocenters. The van der Waals surface area contributed by atoms with Gasteiger partial charge >= 0.3 is 0 Å². The lowest BCUT2D eigenvalue weighted by Gasteiger charge is -2.44. The van der Waals surface area contributed by atoms with Crippen molar-refractivity contribution in [2.24, 2.45) is 5.92 Å². The largest absolute Gasteiger partial charge is 0.359 e. The number of ether oxygens (including phenoxy) is 2. The van der Waals surface area contributed by atoms with E-state index in [4.69, 9.17) is 9.47 Å². The molecule has 3 atom stereocenters. The SMILES string of the molecule is COCOC(C)C1C(=O)N(Cc2ccccc2)C1F. The molecule has 104 valence electrons.